The first-order valence-electron chi connectivity index (χ1n) is 4.80. The molecule has 3 nitrogen and oxygen atoms in total. The van der Waals surface area contributed by atoms with Crippen LogP contribution in [0.3, 0.4) is 0 Å². The summed E-state index contributed by atoms with van der Waals surface area (Å²) >= 11 is 0. The molecular weight excluding hydrogens is 154 g/mol. The first-order valence-corrected chi connectivity index (χ1v) is 4.80. The van der Waals surface area contributed by atoms with Crippen LogP contribution >= 0.6 is 0 Å². The molecule has 1 aliphatic heterocycles. The number of likely N-dealkylation sites (tertiary alicyclic amines) is 1. The van der Waals surface area contributed by atoms with Crippen molar-refractivity contribution in [2.45, 2.75) is 24.9 Å². The summed E-state index contributed by atoms with van der Waals surface area (Å²) in [4.78, 5) is 2.26. The summed E-state index contributed by atoms with van der Waals surface area (Å²) in [6.45, 7) is 3.13. The quantitative estimate of drug-likeness (QED) is 0.619. The van der Waals surface area contributed by atoms with E-state index >= 15 is 0 Å². The molecule has 0 amide bonds. The third-order valence-corrected chi connectivity index (χ3v) is 3.12. The molecule has 1 heterocycles. The van der Waals surface area contributed by atoms with Crippen molar-refractivity contribution in [3.63, 3.8) is 0 Å². The van der Waals surface area contributed by atoms with Crippen LogP contribution in [-0.4, -0.2) is 47.0 Å². The van der Waals surface area contributed by atoms with Gasteiger partial charge in [-0.3, -0.25) is 0 Å². The molecule has 0 radical (unpaired) electrons. The van der Waals surface area contributed by atoms with Crippen LogP contribution in [0.2, 0.25) is 0 Å². The minimum absolute atomic E-state index is 0.262. The van der Waals surface area contributed by atoms with Crippen molar-refractivity contribution in [3.05, 3.63) is 0 Å². The lowest BCUT2D eigenvalue weighted by molar-refractivity contribution is 0.0476. The van der Waals surface area contributed by atoms with Crippen LogP contribution in [0.15, 0.2) is 0 Å². The molecule has 70 valence electrons. The summed E-state index contributed by atoms with van der Waals surface area (Å²) in [5, 5.41) is 18.5. The van der Waals surface area contributed by atoms with E-state index in [9.17, 15) is 5.11 Å². The van der Waals surface area contributed by atoms with Gasteiger partial charge in [0.25, 0.3) is 0 Å². The summed E-state index contributed by atoms with van der Waals surface area (Å²) in [7, 11) is 0. The molecule has 2 aliphatic rings. The monoisotopic (exact) mass is 171 g/mol. The van der Waals surface area contributed by atoms with Crippen LogP contribution in [-0.2, 0) is 0 Å². The molecule has 1 saturated heterocycles. The van der Waals surface area contributed by atoms with Gasteiger partial charge in [0.15, 0.2) is 0 Å². The predicted octanol–water partition coefficient (Wildman–Crippen LogP) is -0.175. The second kappa shape index (κ2) is 2.98. The number of aliphatic hydroxyl groups excluding tert-OH is 1. The van der Waals surface area contributed by atoms with Gasteiger partial charge in [-0.25, -0.2) is 0 Å². The maximum atomic E-state index is 9.81. The largest absolute Gasteiger partial charge is 0.396 e. The fourth-order valence-corrected chi connectivity index (χ4v) is 2.22. The van der Waals surface area contributed by atoms with E-state index in [-0.39, 0.29) is 12.2 Å². The van der Waals surface area contributed by atoms with Crippen molar-refractivity contribution >= 4 is 0 Å². The van der Waals surface area contributed by atoms with Crippen LogP contribution in [0.4, 0.5) is 0 Å². The summed E-state index contributed by atoms with van der Waals surface area (Å²) in [6.07, 6.45) is 2.98. The molecule has 1 aliphatic carbocycles. The summed E-state index contributed by atoms with van der Waals surface area (Å²) in [6, 6.07) is 0. The molecule has 0 bridgehead atoms. The Kier molecular flexibility index (Phi) is 2.10. The van der Waals surface area contributed by atoms with E-state index in [1.807, 2.05) is 0 Å². The fourth-order valence-electron chi connectivity index (χ4n) is 2.22. The molecule has 12 heavy (non-hydrogen) atoms. The number of rotatable bonds is 3. The standard InChI is InChI=1S/C9H17NO2/c11-5-1-3-10-4-2-8-6-9(8,12)7-10/h8,11-12H,1-7H2/t8-,9+/m1/s1. The van der Waals surface area contributed by atoms with Crippen LogP contribution in [0.1, 0.15) is 19.3 Å². The molecule has 2 atom stereocenters. The maximum Gasteiger partial charge on any atom is 0.0807 e. The Morgan fingerprint density at radius 2 is 2.33 bits per heavy atom. The Hall–Kier alpha value is -0.120. The molecule has 0 unspecified atom stereocenters. The average Bonchev–Trinajstić information content (AvgIpc) is 2.71. The van der Waals surface area contributed by atoms with Gasteiger partial charge in [0.1, 0.15) is 0 Å². The van der Waals surface area contributed by atoms with Gasteiger partial charge in [-0.1, -0.05) is 0 Å². The zero-order valence-corrected chi connectivity index (χ0v) is 7.37. The summed E-state index contributed by atoms with van der Waals surface area (Å²) in [5.74, 6) is 0.586. The number of hydrogen-bond acceptors (Lipinski definition) is 3. The molecule has 3 heteroatoms. The third kappa shape index (κ3) is 1.49. The van der Waals surface area contributed by atoms with Crippen LogP contribution < -0.4 is 0 Å². The van der Waals surface area contributed by atoms with Gasteiger partial charge in [-0.2, -0.15) is 0 Å². The van der Waals surface area contributed by atoms with Gasteiger partial charge in [0.05, 0.1) is 5.60 Å². The van der Waals surface area contributed by atoms with Crippen LogP contribution in [0.5, 0.6) is 0 Å². The molecule has 2 N–H and O–H groups in total. The van der Waals surface area contributed by atoms with Gasteiger partial charge in [0.2, 0.25) is 0 Å². The van der Waals surface area contributed by atoms with Gasteiger partial charge in [0, 0.05) is 19.7 Å². The lowest BCUT2D eigenvalue weighted by Crippen LogP contribution is -2.40. The average molecular weight is 171 g/mol. The van der Waals surface area contributed by atoms with E-state index < -0.39 is 0 Å². The number of fused-ring (bicyclic) bond motifs is 1. The minimum atomic E-state index is -0.340. The molecule has 0 aromatic carbocycles. The summed E-state index contributed by atoms with van der Waals surface area (Å²) in [5.41, 5.74) is -0.340. The summed E-state index contributed by atoms with van der Waals surface area (Å²) < 4.78 is 0. The third-order valence-electron chi connectivity index (χ3n) is 3.12. The highest BCUT2D eigenvalue weighted by molar-refractivity contribution is 5.08. The Morgan fingerprint density at radius 1 is 1.50 bits per heavy atom. The highest BCUT2D eigenvalue weighted by Crippen LogP contribution is 2.48. The van der Waals surface area contributed by atoms with Gasteiger partial charge >= 0.3 is 0 Å². The predicted molar refractivity (Wildman–Crippen MR) is 45.8 cm³/mol. The van der Waals surface area contributed by atoms with E-state index in [1.165, 1.54) is 0 Å². The molecule has 0 aromatic heterocycles. The van der Waals surface area contributed by atoms with Crippen molar-refractivity contribution in [2.75, 3.05) is 26.2 Å². The first kappa shape index (κ1) is 8.48. The van der Waals surface area contributed by atoms with Gasteiger partial charge < -0.3 is 15.1 Å². The van der Waals surface area contributed by atoms with E-state index in [0.717, 1.165) is 38.9 Å². The van der Waals surface area contributed by atoms with E-state index in [2.05, 4.69) is 4.90 Å². The van der Waals surface area contributed by atoms with Crippen molar-refractivity contribution < 1.29 is 10.2 Å². The molecule has 2 rings (SSSR count). The Labute approximate surface area is 73.0 Å². The van der Waals surface area contributed by atoms with Gasteiger partial charge in [-0.15, -0.1) is 0 Å². The van der Waals surface area contributed by atoms with E-state index in [1.54, 1.807) is 0 Å². The zero-order chi connectivity index (χ0) is 8.60. The number of nitrogens with zero attached hydrogens (tertiary/aromatic N) is 1. The molecule has 0 aromatic rings. The molecular formula is C9H17NO2. The highest BCUT2D eigenvalue weighted by Gasteiger charge is 2.55. The second-order valence-corrected chi connectivity index (χ2v) is 4.15. The van der Waals surface area contributed by atoms with E-state index in [0.29, 0.717) is 5.92 Å². The molecule has 0 spiro atoms. The van der Waals surface area contributed by atoms with Crippen LogP contribution in [0.25, 0.3) is 0 Å². The smallest absolute Gasteiger partial charge is 0.0807 e. The van der Waals surface area contributed by atoms with Crippen molar-refractivity contribution in [3.8, 4) is 0 Å². The SMILES string of the molecule is OCCCN1CC[C@@H]2C[C@]2(O)C1. The lowest BCUT2D eigenvalue weighted by Gasteiger charge is -2.29. The van der Waals surface area contributed by atoms with Crippen molar-refractivity contribution in [1.82, 2.24) is 4.90 Å². The topological polar surface area (TPSA) is 43.7 Å². The lowest BCUT2D eigenvalue weighted by atomic mass is 10.1. The number of aliphatic hydroxyl groups is 2. The zero-order valence-electron chi connectivity index (χ0n) is 7.37. The molecule has 2 fully saturated rings. The Morgan fingerprint density at radius 3 is 3.00 bits per heavy atom. The van der Waals surface area contributed by atoms with Gasteiger partial charge in [-0.05, 0) is 31.7 Å². The van der Waals surface area contributed by atoms with E-state index in [4.69, 9.17) is 5.11 Å². The first-order chi connectivity index (χ1) is 5.74. The van der Waals surface area contributed by atoms with Crippen molar-refractivity contribution in [2.24, 2.45) is 5.92 Å². The highest BCUT2D eigenvalue weighted by atomic mass is 16.3. The molecule has 1 saturated carbocycles. The number of hydrogen-bond donors (Lipinski definition) is 2. The number of piperidine rings is 1. The second-order valence-electron chi connectivity index (χ2n) is 4.15. The Balaban J connectivity index is 1.78. The van der Waals surface area contributed by atoms with Crippen molar-refractivity contribution in [1.29, 1.82) is 0 Å². The fraction of sp³-hybridized carbons (Fsp3) is 1.00. The number of β-amino-alcohol motifs (C(OH)–C–C–N with tert-alkyl or cyclic N) is 1. The Bertz CT molecular complexity index is 174. The normalized spacial score (nSPS) is 41.0. The van der Waals surface area contributed by atoms with Crippen LogP contribution in [0, 0.1) is 5.92 Å². The maximum absolute atomic E-state index is 9.81. The minimum Gasteiger partial charge on any atom is -0.396 e.